The van der Waals surface area contributed by atoms with E-state index in [-0.39, 0.29) is 5.54 Å². The molecule has 3 fully saturated rings. The van der Waals surface area contributed by atoms with Crippen molar-refractivity contribution in [3.8, 4) is 0 Å². The van der Waals surface area contributed by atoms with E-state index in [4.69, 9.17) is 10.5 Å². The number of nitrogens with zero attached hydrogens (tertiary/aromatic N) is 1. The third-order valence-corrected chi connectivity index (χ3v) is 5.84. The average molecular weight is 242 g/mol. The van der Waals surface area contributed by atoms with E-state index < -0.39 is 0 Å². The van der Waals surface area contributed by atoms with Crippen LogP contribution in [0.3, 0.4) is 0 Å². The minimum Gasteiger partial charge on any atom is -0.372 e. The summed E-state index contributed by atoms with van der Waals surface area (Å²) in [6, 6.07) is 0. The molecule has 3 saturated heterocycles. The highest BCUT2D eigenvalue weighted by molar-refractivity contribution is 8.00. The molecule has 2 bridgehead atoms. The number of morpholine rings is 1. The third kappa shape index (κ3) is 1.80. The molecule has 2 N–H and O–H groups in total. The summed E-state index contributed by atoms with van der Waals surface area (Å²) < 4.78 is 5.91. The van der Waals surface area contributed by atoms with Crippen molar-refractivity contribution in [3.05, 3.63) is 0 Å². The topological polar surface area (TPSA) is 38.5 Å². The van der Waals surface area contributed by atoms with Gasteiger partial charge < -0.3 is 10.5 Å². The van der Waals surface area contributed by atoms with E-state index in [0.717, 1.165) is 24.9 Å². The van der Waals surface area contributed by atoms with Gasteiger partial charge in [0.05, 0.1) is 12.2 Å². The Kier molecular flexibility index (Phi) is 2.94. The minimum atomic E-state index is 0.273. The molecule has 0 aliphatic carbocycles. The van der Waals surface area contributed by atoms with Crippen molar-refractivity contribution in [3.63, 3.8) is 0 Å². The number of fused-ring (bicyclic) bond motifs is 2. The molecule has 0 aromatic rings. The van der Waals surface area contributed by atoms with Gasteiger partial charge >= 0.3 is 0 Å². The summed E-state index contributed by atoms with van der Waals surface area (Å²) in [4.78, 5) is 2.65. The molecule has 0 amide bonds. The molecule has 3 rings (SSSR count). The Morgan fingerprint density at radius 3 is 2.56 bits per heavy atom. The summed E-state index contributed by atoms with van der Waals surface area (Å²) in [5, 5.41) is 0.768. The molecule has 92 valence electrons. The van der Waals surface area contributed by atoms with Crippen molar-refractivity contribution >= 4 is 11.8 Å². The zero-order valence-corrected chi connectivity index (χ0v) is 10.8. The molecule has 0 spiro atoms. The van der Waals surface area contributed by atoms with Crippen molar-refractivity contribution in [1.82, 2.24) is 4.90 Å². The lowest BCUT2D eigenvalue weighted by molar-refractivity contribution is -0.0716. The van der Waals surface area contributed by atoms with Gasteiger partial charge in [-0.3, -0.25) is 4.90 Å². The molecular formula is C12H22N2OS. The Balaban J connectivity index is 1.75. The molecule has 0 radical (unpaired) electrons. The number of ether oxygens (including phenoxy) is 1. The van der Waals surface area contributed by atoms with Crippen LogP contribution in [-0.4, -0.2) is 53.3 Å². The maximum atomic E-state index is 6.08. The second-order valence-corrected chi connectivity index (χ2v) is 7.04. The van der Waals surface area contributed by atoms with E-state index in [1.807, 2.05) is 0 Å². The molecule has 0 aromatic carbocycles. The first-order chi connectivity index (χ1) is 7.72. The van der Waals surface area contributed by atoms with Crippen molar-refractivity contribution in [2.45, 2.75) is 49.2 Å². The van der Waals surface area contributed by atoms with Crippen molar-refractivity contribution in [2.24, 2.45) is 5.73 Å². The van der Waals surface area contributed by atoms with Crippen molar-refractivity contribution in [1.29, 1.82) is 0 Å². The number of nitrogens with two attached hydrogens (primary N) is 1. The summed E-state index contributed by atoms with van der Waals surface area (Å²) in [7, 11) is 0. The van der Waals surface area contributed by atoms with E-state index in [1.165, 1.54) is 25.0 Å². The van der Waals surface area contributed by atoms with Crippen LogP contribution >= 0.6 is 11.8 Å². The van der Waals surface area contributed by atoms with E-state index in [2.05, 4.69) is 23.6 Å². The minimum absolute atomic E-state index is 0.273. The molecule has 3 aliphatic heterocycles. The van der Waals surface area contributed by atoms with Gasteiger partial charge in [-0.1, -0.05) is 6.92 Å². The molecule has 16 heavy (non-hydrogen) atoms. The first-order valence-corrected chi connectivity index (χ1v) is 7.49. The molecule has 3 nitrogen and oxygen atoms in total. The summed E-state index contributed by atoms with van der Waals surface area (Å²) >= 11 is 2.08. The number of likely N-dealkylation sites (tertiary alicyclic amines) is 1. The van der Waals surface area contributed by atoms with Crippen LogP contribution in [0.2, 0.25) is 0 Å². The second kappa shape index (κ2) is 4.16. The molecule has 0 aromatic heterocycles. The molecular weight excluding hydrogens is 220 g/mol. The van der Waals surface area contributed by atoms with Gasteiger partial charge in [0.1, 0.15) is 0 Å². The molecule has 3 heterocycles. The van der Waals surface area contributed by atoms with Crippen LogP contribution in [0.5, 0.6) is 0 Å². The zero-order valence-electron chi connectivity index (χ0n) is 10.0. The Labute approximate surface area is 102 Å². The largest absolute Gasteiger partial charge is 0.372 e. The van der Waals surface area contributed by atoms with Gasteiger partial charge in [-0.05, 0) is 19.3 Å². The fraction of sp³-hybridized carbons (Fsp3) is 1.00. The van der Waals surface area contributed by atoms with Gasteiger partial charge in [-0.2, -0.15) is 11.8 Å². The molecule has 4 heteroatoms. The van der Waals surface area contributed by atoms with Gasteiger partial charge in [-0.25, -0.2) is 0 Å². The maximum Gasteiger partial charge on any atom is 0.0707 e. The fourth-order valence-electron chi connectivity index (χ4n) is 3.44. The number of rotatable bonds is 2. The van der Waals surface area contributed by atoms with E-state index in [0.29, 0.717) is 12.2 Å². The van der Waals surface area contributed by atoms with Crippen LogP contribution in [0, 0.1) is 0 Å². The monoisotopic (exact) mass is 242 g/mol. The van der Waals surface area contributed by atoms with Crippen molar-refractivity contribution < 1.29 is 4.74 Å². The van der Waals surface area contributed by atoms with Gasteiger partial charge in [0.2, 0.25) is 0 Å². The van der Waals surface area contributed by atoms with E-state index in [9.17, 15) is 0 Å². The highest BCUT2D eigenvalue weighted by Crippen LogP contribution is 2.41. The predicted molar refractivity (Wildman–Crippen MR) is 67.8 cm³/mol. The van der Waals surface area contributed by atoms with E-state index >= 15 is 0 Å². The Bertz CT molecular complexity index is 264. The lowest BCUT2D eigenvalue weighted by atomic mass is 9.93. The highest BCUT2D eigenvalue weighted by atomic mass is 32.2. The first kappa shape index (κ1) is 11.3. The summed E-state index contributed by atoms with van der Waals surface area (Å²) in [6.07, 6.45) is 4.74. The van der Waals surface area contributed by atoms with Crippen LogP contribution in [-0.2, 0) is 4.74 Å². The number of hydrogen-bond acceptors (Lipinski definition) is 4. The lowest BCUT2D eigenvalue weighted by Gasteiger charge is -2.44. The zero-order chi connectivity index (χ0) is 11.2. The van der Waals surface area contributed by atoms with Crippen LogP contribution in [0.4, 0.5) is 0 Å². The van der Waals surface area contributed by atoms with Crippen LogP contribution in [0.1, 0.15) is 26.2 Å². The Morgan fingerprint density at radius 2 is 2.06 bits per heavy atom. The Hall–Kier alpha value is 0.230. The molecule has 4 unspecified atom stereocenters. The average Bonchev–Trinajstić information content (AvgIpc) is 2.83. The quantitative estimate of drug-likeness (QED) is 0.786. The molecule has 3 aliphatic rings. The van der Waals surface area contributed by atoms with E-state index in [1.54, 1.807) is 0 Å². The smallest absolute Gasteiger partial charge is 0.0707 e. The third-order valence-electron chi connectivity index (χ3n) is 4.40. The first-order valence-electron chi connectivity index (χ1n) is 6.44. The van der Waals surface area contributed by atoms with Gasteiger partial charge in [-0.15, -0.1) is 0 Å². The van der Waals surface area contributed by atoms with Crippen LogP contribution in [0.25, 0.3) is 0 Å². The SMILES string of the molecule is CC1CC(CN)(N2CC3CCC(C2)O3)CS1. The Morgan fingerprint density at radius 1 is 1.38 bits per heavy atom. The van der Waals surface area contributed by atoms with Crippen molar-refractivity contribution in [2.75, 3.05) is 25.4 Å². The molecule has 4 atom stereocenters. The van der Waals surface area contributed by atoms with Gasteiger partial charge in [0, 0.05) is 36.2 Å². The lowest BCUT2D eigenvalue weighted by Crippen LogP contribution is -2.60. The summed E-state index contributed by atoms with van der Waals surface area (Å²) in [5.41, 5.74) is 6.35. The number of hydrogen-bond donors (Lipinski definition) is 1. The number of thioether (sulfide) groups is 1. The van der Waals surface area contributed by atoms with Crippen LogP contribution in [0.15, 0.2) is 0 Å². The normalized spacial score (nSPS) is 48.8. The van der Waals surface area contributed by atoms with Crippen LogP contribution < -0.4 is 5.73 Å². The summed E-state index contributed by atoms with van der Waals surface area (Å²) in [6.45, 7) is 5.36. The van der Waals surface area contributed by atoms with Gasteiger partial charge in [0.25, 0.3) is 0 Å². The fourth-order valence-corrected chi connectivity index (χ4v) is 4.89. The van der Waals surface area contributed by atoms with Gasteiger partial charge in [0.15, 0.2) is 0 Å². The predicted octanol–water partition coefficient (Wildman–Crippen LogP) is 1.07. The maximum absolute atomic E-state index is 6.08. The summed E-state index contributed by atoms with van der Waals surface area (Å²) in [5.74, 6) is 1.21. The molecule has 0 saturated carbocycles. The second-order valence-electron chi connectivity index (χ2n) is 5.62. The highest BCUT2D eigenvalue weighted by Gasteiger charge is 2.46. The standard InChI is InChI=1S/C12H22N2OS/c1-9-4-12(7-13,8-16-9)14-5-10-2-3-11(6-14)15-10/h9-11H,2-8,13H2,1H3.